The van der Waals surface area contributed by atoms with Gasteiger partial charge in [-0.2, -0.15) is 0 Å². The normalized spacial score (nSPS) is 10.1. The van der Waals surface area contributed by atoms with Gasteiger partial charge in [0.1, 0.15) is 5.75 Å². The van der Waals surface area contributed by atoms with Crippen molar-refractivity contribution in [2.75, 3.05) is 14.2 Å². The highest BCUT2D eigenvalue weighted by Crippen LogP contribution is 2.18. The lowest BCUT2D eigenvalue weighted by Crippen LogP contribution is -1.96. The Hall–Kier alpha value is -1.06. The van der Waals surface area contributed by atoms with Crippen LogP contribution in [-0.4, -0.2) is 19.3 Å². The third kappa shape index (κ3) is 2.44. The highest BCUT2D eigenvalue weighted by molar-refractivity contribution is 5.34. The molecule has 0 aliphatic carbocycles. The van der Waals surface area contributed by atoms with Crippen molar-refractivity contribution in [1.29, 1.82) is 0 Å². The van der Waals surface area contributed by atoms with Crippen LogP contribution in [0.5, 0.6) is 5.75 Å². The van der Waals surface area contributed by atoms with Gasteiger partial charge < -0.3 is 14.6 Å². The van der Waals surface area contributed by atoms with E-state index >= 15 is 0 Å². The number of ether oxygens (including phenoxy) is 2. The van der Waals surface area contributed by atoms with Crippen molar-refractivity contribution in [3.8, 4) is 5.75 Å². The second-order valence-corrected chi connectivity index (χ2v) is 2.73. The van der Waals surface area contributed by atoms with Crippen LogP contribution in [0.4, 0.5) is 0 Å². The summed E-state index contributed by atoms with van der Waals surface area (Å²) in [7, 11) is 3.23. The van der Waals surface area contributed by atoms with Gasteiger partial charge in [0, 0.05) is 7.11 Å². The van der Waals surface area contributed by atoms with Crippen molar-refractivity contribution in [2.24, 2.45) is 0 Å². The Bertz CT molecular complexity index is 271. The first-order valence-corrected chi connectivity index (χ1v) is 4.07. The molecule has 0 spiro atoms. The molecule has 0 atom stereocenters. The van der Waals surface area contributed by atoms with Gasteiger partial charge in [0.15, 0.2) is 0 Å². The van der Waals surface area contributed by atoms with Gasteiger partial charge in [0.05, 0.1) is 20.3 Å². The molecule has 0 aromatic heterocycles. The van der Waals surface area contributed by atoms with E-state index in [9.17, 15) is 0 Å². The molecule has 0 unspecified atom stereocenters. The maximum absolute atomic E-state index is 9.05. The molecule has 0 aliphatic rings. The van der Waals surface area contributed by atoms with Crippen LogP contribution in [0, 0.1) is 0 Å². The summed E-state index contributed by atoms with van der Waals surface area (Å²) in [5, 5.41) is 9.05. The summed E-state index contributed by atoms with van der Waals surface area (Å²) < 4.78 is 10.0. The van der Waals surface area contributed by atoms with Gasteiger partial charge in [-0.3, -0.25) is 0 Å². The first-order chi connectivity index (χ1) is 6.31. The van der Waals surface area contributed by atoms with Crippen molar-refractivity contribution >= 4 is 0 Å². The van der Waals surface area contributed by atoms with E-state index in [1.165, 1.54) is 0 Å². The van der Waals surface area contributed by atoms with E-state index in [2.05, 4.69) is 0 Å². The van der Waals surface area contributed by atoms with Crippen LogP contribution in [0.1, 0.15) is 11.1 Å². The third-order valence-corrected chi connectivity index (χ3v) is 1.88. The average Bonchev–Trinajstić information content (AvgIpc) is 2.19. The van der Waals surface area contributed by atoms with Crippen molar-refractivity contribution in [3.05, 3.63) is 29.3 Å². The monoisotopic (exact) mass is 182 g/mol. The quantitative estimate of drug-likeness (QED) is 0.763. The largest absolute Gasteiger partial charge is 0.497 e. The van der Waals surface area contributed by atoms with E-state index in [1.54, 1.807) is 14.2 Å². The number of benzene rings is 1. The summed E-state index contributed by atoms with van der Waals surface area (Å²) in [6.45, 7) is 0.524. The minimum absolute atomic E-state index is 0.00981. The molecule has 3 nitrogen and oxygen atoms in total. The first-order valence-electron chi connectivity index (χ1n) is 4.07. The summed E-state index contributed by atoms with van der Waals surface area (Å²) in [6.07, 6.45) is 0. The summed E-state index contributed by atoms with van der Waals surface area (Å²) in [5.41, 5.74) is 1.84. The lowest BCUT2D eigenvalue weighted by Gasteiger charge is -2.08. The molecule has 0 saturated carbocycles. The van der Waals surface area contributed by atoms with Gasteiger partial charge >= 0.3 is 0 Å². The molecule has 1 N–H and O–H groups in total. The fraction of sp³-hybridized carbons (Fsp3) is 0.400. The zero-order chi connectivity index (χ0) is 9.68. The lowest BCUT2D eigenvalue weighted by atomic mass is 10.1. The molecule has 1 aromatic carbocycles. The molecule has 0 fully saturated rings. The molecule has 0 radical (unpaired) electrons. The van der Waals surface area contributed by atoms with E-state index in [4.69, 9.17) is 14.6 Å². The number of hydrogen-bond donors (Lipinski definition) is 1. The number of rotatable bonds is 4. The Morgan fingerprint density at radius 3 is 2.54 bits per heavy atom. The zero-order valence-electron chi connectivity index (χ0n) is 7.91. The SMILES string of the molecule is COCc1ccc(OC)cc1CO. The molecular weight excluding hydrogens is 168 g/mol. The standard InChI is InChI=1S/C10H14O3/c1-12-7-8-3-4-10(13-2)5-9(8)6-11/h3-5,11H,6-7H2,1-2H3. The molecule has 0 amide bonds. The van der Waals surface area contributed by atoms with Crippen LogP contribution < -0.4 is 4.74 Å². The van der Waals surface area contributed by atoms with Crippen molar-refractivity contribution < 1.29 is 14.6 Å². The van der Waals surface area contributed by atoms with Crippen LogP contribution in [0.3, 0.4) is 0 Å². The Morgan fingerprint density at radius 2 is 2.00 bits per heavy atom. The van der Waals surface area contributed by atoms with Crippen LogP contribution >= 0.6 is 0 Å². The summed E-state index contributed by atoms with van der Waals surface area (Å²) in [6, 6.07) is 5.57. The predicted octanol–water partition coefficient (Wildman–Crippen LogP) is 1.33. The lowest BCUT2D eigenvalue weighted by molar-refractivity contribution is 0.181. The van der Waals surface area contributed by atoms with Gasteiger partial charge in [0.2, 0.25) is 0 Å². The molecule has 13 heavy (non-hydrogen) atoms. The van der Waals surface area contributed by atoms with Crippen molar-refractivity contribution in [1.82, 2.24) is 0 Å². The second kappa shape index (κ2) is 4.84. The van der Waals surface area contributed by atoms with Crippen LogP contribution in [0.15, 0.2) is 18.2 Å². The Morgan fingerprint density at radius 1 is 1.23 bits per heavy atom. The van der Waals surface area contributed by atoms with Crippen molar-refractivity contribution in [2.45, 2.75) is 13.2 Å². The van der Waals surface area contributed by atoms with E-state index in [0.717, 1.165) is 16.9 Å². The maximum atomic E-state index is 9.05. The number of hydrogen-bond acceptors (Lipinski definition) is 3. The molecule has 72 valence electrons. The molecule has 0 heterocycles. The van der Waals surface area contributed by atoms with Gasteiger partial charge in [-0.25, -0.2) is 0 Å². The van der Waals surface area contributed by atoms with E-state index in [-0.39, 0.29) is 6.61 Å². The Labute approximate surface area is 77.9 Å². The van der Waals surface area contributed by atoms with Gasteiger partial charge in [-0.05, 0) is 23.3 Å². The smallest absolute Gasteiger partial charge is 0.119 e. The second-order valence-electron chi connectivity index (χ2n) is 2.73. The first kappa shape index (κ1) is 10.0. The molecule has 0 aliphatic heterocycles. The van der Waals surface area contributed by atoms with Crippen LogP contribution in [0.2, 0.25) is 0 Å². The fourth-order valence-corrected chi connectivity index (χ4v) is 1.17. The van der Waals surface area contributed by atoms with E-state index in [1.807, 2.05) is 18.2 Å². The minimum atomic E-state index is 0.00981. The number of aliphatic hydroxyl groups is 1. The zero-order valence-corrected chi connectivity index (χ0v) is 7.91. The van der Waals surface area contributed by atoms with Crippen LogP contribution in [-0.2, 0) is 18.0 Å². The number of methoxy groups -OCH3 is 2. The van der Waals surface area contributed by atoms with E-state index < -0.39 is 0 Å². The summed E-state index contributed by atoms with van der Waals surface area (Å²) >= 11 is 0. The summed E-state index contributed by atoms with van der Waals surface area (Å²) in [5.74, 6) is 0.754. The highest BCUT2D eigenvalue weighted by atomic mass is 16.5. The van der Waals surface area contributed by atoms with E-state index in [0.29, 0.717) is 6.61 Å². The Kier molecular flexibility index (Phi) is 3.73. The minimum Gasteiger partial charge on any atom is -0.497 e. The topological polar surface area (TPSA) is 38.7 Å². The maximum Gasteiger partial charge on any atom is 0.119 e. The fourth-order valence-electron chi connectivity index (χ4n) is 1.17. The predicted molar refractivity (Wildman–Crippen MR) is 49.6 cm³/mol. The molecule has 1 rings (SSSR count). The highest BCUT2D eigenvalue weighted by Gasteiger charge is 2.02. The molecule has 0 bridgehead atoms. The van der Waals surface area contributed by atoms with Gasteiger partial charge in [-0.15, -0.1) is 0 Å². The molecular formula is C10H14O3. The number of aliphatic hydroxyl groups excluding tert-OH is 1. The van der Waals surface area contributed by atoms with Gasteiger partial charge in [0.25, 0.3) is 0 Å². The molecule has 0 saturated heterocycles. The van der Waals surface area contributed by atoms with Crippen molar-refractivity contribution in [3.63, 3.8) is 0 Å². The van der Waals surface area contributed by atoms with Gasteiger partial charge in [-0.1, -0.05) is 6.07 Å². The summed E-state index contributed by atoms with van der Waals surface area (Å²) in [4.78, 5) is 0. The average molecular weight is 182 g/mol. The third-order valence-electron chi connectivity index (χ3n) is 1.88. The van der Waals surface area contributed by atoms with Crippen LogP contribution in [0.25, 0.3) is 0 Å². The molecule has 3 heteroatoms. The Balaban J connectivity index is 2.93. The molecule has 1 aromatic rings.